The average molecular weight is 612 g/mol. The van der Waals surface area contributed by atoms with E-state index in [1.807, 2.05) is 51.2 Å². The number of hydrogen-bond donors (Lipinski definition) is 3. The van der Waals surface area contributed by atoms with Crippen molar-refractivity contribution in [1.29, 1.82) is 0 Å². The van der Waals surface area contributed by atoms with E-state index in [1.165, 1.54) is 0 Å². The van der Waals surface area contributed by atoms with Crippen LogP contribution in [0.1, 0.15) is 62.2 Å². The van der Waals surface area contributed by atoms with Gasteiger partial charge in [-0.25, -0.2) is 0 Å². The number of rotatable bonds is 5. The van der Waals surface area contributed by atoms with Gasteiger partial charge in [-0.05, 0) is 87.0 Å². The summed E-state index contributed by atoms with van der Waals surface area (Å²) < 4.78 is 17.7. The zero-order chi connectivity index (χ0) is 31.7. The number of aliphatic hydroxyl groups excluding tert-OH is 1. The fraction of sp³-hybridized carbons (Fsp3) is 0.417. The summed E-state index contributed by atoms with van der Waals surface area (Å²) in [5.41, 5.74) is 9.07. The fourth-order valence-electron chi connectivity index (χ4n) is 8.25. The van der Waals surface area contributed by atoms with Crippen LogP contribution < -0.4 is 19.5 Å². The van der Waals surface area contributed by atoms with Gasteiger partial charge < -0.3 is 29.7 Å². The second-order valence-electron chi connectivity index (χ2n) is 12.9. The van der Waals surface area contributed by atoms with Gasteiger partial charge in [0.2, 0.25) is 12.7 Å². The number of nitrogens with one attached hydrogen (secondary N) is 1. The molecule has 9 nitrogen and oxygen atoms in total. The highest BCUT2D eigenvalue weighted by atomic mass is 16.7. The number of amides is 1. The number of likely N-dealkylation sites (N-methyl/N-ethyl adjacent to an activating group) is 1. The Hall–Kier alpha value is -4.05. The van der Waals surface area contributed by atoms with Gasteiger partial charge in [0.15, 0.2) is 23.0 Å². The summed E-state index contributed by atoms with van der Waals surface area (Å²) in [5.74, 6) is 1.85. The van der Waals surface area contributed by atoms with Crippen LogP contribution in [-0.2, 0) is 17.6 Å². The normalized spacial score (nSPS) is 25.1. The molecule has 236 valence electrons. The Labute approximate surface area is 264 Å². The number of fused-ring (bicyclic) bond motifs is 9. The van der Waals surface area contributed by atoms with Crippen molar-refractivity contribution in [2.75, 3.05) is 27.5 Å². The van der Waals surface area contributed by atoms with E-state index in [1.54, 1.807) is 13.2 Å². The largest absolute Gasteiger partial charge is 0.504 e. The van der Waals surface area contributed by atoms with Crippen molar-refractivity contribution in [1.82, 2.24) is 15.1 Å². The van der Waals surface area contributed by atoms with Gasteiger partial charge in [-0.3, -0.25) is 14.6 Å². The maximum Gasteiger partial charge on any atom is 0.244 e. The molecule has 1 amide bonds. The molecule has 4 aliphatic rings. The molecule has 3 N–H and O–H groups in total. The summed E-state index contributed by atoms with van der Waals surface area (Å²) >= 11 is 0. The third-order valence-electron chi connectivity index (χ3n) is 10.4. The first-order chi connectivity index (χ1) is 21.6. The molecule has 9 heteroatoms. The molecule has 4 heterocycles. The lowest BCUT2D eigenvalue weighted by Crippen LogP contribution is -2.69. The van der Waals surface area contributed by atoms with E-state index >= 15 is 0 Å². The standard InChI is InChI=1S/C36H41N3O6/c1-18-8-7-9-22(12-18)10-11-28(40)37-16-27-30-24(20(3)21(4)34-35(30)45-17-44-34)15-25-31-29-23(13-19(2)33(43-6)32(29)41)14-26(38(31)5)36(42)39(25)27/h7-13,25-27,31,36,41-42H,14-17H2,1-6H3,(H,37,40)/b11-10+/t25-,26-,27-,31-,36-/m0/s1. The van der Waals surface area contributed by atoms with Gasteiger partial charge in [0.05, 0.1) is 25.2 Å². The van der Waals surface area contributed by atoms with Gasteiger partial charge in [-0.1, -0.05) is 35.9 Å². The molecule has 1 saturated heterocycles. The Balaban J connectivity index is 1.32. The molecule has 2 bridgehead atoms. The molecule has 0 aliphatic carbocycles. The molecule has 4 aliphatic heterocycles. The zero-order valence-corrected chi connectivity index (χ0v) is 26.7. The van der Waals surface area contributed by atoms with Crippen LogP contribution in [-0.4, -0.2) is 71.7 Å². The number of ether oxygens (including phenoxy) is 3. The predicted octanol–water partition coefficient (Wildman–Crippen LogP) is 4.39. The molecule has 0 unspecified atom stereocenters. The fourth-order valence-corrected chi connectivity index (χ4v) is 8.25. The van der Waals surface area contributed by atoms with Gasteiger partial charge in [0.1, 0.15) is 6.23 Å². The maximum atomic E-state index is 13.2. The van der Waals surface area contributed by atoms with Crippen LogP contribution in [0.25, 0.3) is 6.08 Å². The summed E-state index contributed by atoms with van der Waals surface area (Å²) in [5, 5.41) is 26.9. The summed E-state index contributed by atoms with van der Waals surface area (Å²) in [6.45, 7) is 8.51. The SMILES string of the molecule is COc1c(C)cc2c(c1O)[C@@H]1[C@@H]3Cc4c(C)c(C)c5c(c4[C@H](CNC(=O)/C=C/c4cccc(C)c4)N3[C@@H](O)[C@H](C2)N1C)OCO5. The number of nitrogens with zero attached hydrogens (tertiary/aromatic N) is 2. The van der Waals surface area contributed by atoms with Crippen LogP contribution in [0.2, 0.25) is 0 Å². The first-order valence-electron chi connectivity index (χ1n) is 15.6. The summed E-state index contributed by atoms with van der Waals surface area (Å²) in [6.07, 6.45) is 3.74. The van der Waals surface area contributed by atoms with Gasteiger partial charge >= 0.3 is 0 Å². The number of methoxy groups -OCH3 is 1. The molecule has 0 saturated carbocycles. The lowest BCUT2D eigenvalue weighted by atomic mass is 9.72. The Morgan fingerprint density at radius 3 is 2.60 bits per heavy atom. The van der Waals surface area contributed by atoms with Crippen LogP contribution in [0.5, 0.6) is 23.0 Å². The number of aryl methyl sites for hydroxylation is 2. The Morgan fingerprint density at radius 1 is 1.07 bits per heavy atom. The Kier molecular flexibility index (Phi) is 7.30. The van der Waals surface area contributed by atoms with Crippen LogP contribution in [0.4, 0.5) is 0 Å². The molecule has 3 aromatic rings. The van der Waals surface area contributed by atoms with Gasteiger partial charge in [0.25, 0.3) is 0 Å². The number of carbonyl (C=O) groups excluding carboxylic acids is 1. The first kappa shape index (κ1) is 29.6. The van der Waals surface area contributed by atoms with Crippen LogP contribution in [0, 0.1) is 27.7 Å². The van der Waals surface area contributed by atoms with Crippen molar-refractivity contribution in [2.24, 2.45) is 0 Å². The van der Waals surface area contributed by atoms with Crippen molar-refractivity contribution >= 4 is 12.0 Å². The van der Waals surface area contributed by atoms with Crippen molar-refractivity contribution < 1.29 is 29.2 Å². The molecule has 0 spiro atoms. The number of benzene rings is 3. The van der Waals surface area contributed by atoms with Crippen molar-refractivity contribution in [3.8, 4) is 23.0 Å². The number of phenols is 1. The minimum absolute atomic E-state index is 0.130. The first-order valence-corrected chi connectivity index (χ1v) is 15.6. The average Bonchev–Trinajstić information content (AvgIpc) is 3.50. The molecular weight excluding hydrogens is 570 g/mol. The maximum absolute atomic E-state index is 13.2. The number of piperazine rings is 1. The number of carbonyl (C=O) groups is 1. The van der Waals surface area contributed by atoms with E-state index in [0.717, 1.165) is 55.8 Å². The second kappa shape index (κ2) is 11.1. The smallest absolute Gasteiger partial charge is 0.244 e. The van der Waals surface area contributed by atoms with Crippen LogP contribution in [0.3, 0.4) is 0 Å². The lowest BCUT2D eigenvalue weighted by Gasteiger charge is -2.60. The van der Waals surface area contributed by atoms with E-state index in [-0.39, 0.29) is 43.1 Å². The molecule has 5 atom stereocenters. The van der Waals surface area contributed by atoms with Crippen LogP contribution in [0.15, 0.2) is 36.4 Å². The van der Waals surface area contributed by atoms with Crippen molar-refractivity contribution in [3.63, 3.8) is 0 Å². The predicted molar refractivity (Wildman–Crippen MR) is 171 cm³/mol. The summed E-state index contributed by atoms with van der Waals surface area (Å²) in [4.78, 5) is 17.6. The minimum Gasteiger partial charge on any atom is -0.504 e. The molecule has 7 rings (SSSR count). The van der Waals surface area contributed by atoms with Crippen LogP contribution >= 0.6 is 0 Å². The summed E-state index contributed by atoms with van der Waals surface area (Å²) in [6, 6.07) is 9.05. The third kappa shape index (κ3) is 4.59. The topological polar surface area (TPSA) is 104 Å². The highest BCUT2D eigenvalue weighted by Crippen LogP contribution is 2.56. The lowest BCUT2D eigenvalue weighted by molar-refractivity contribution is -0.172. The van der Waals surface area contributed by atoms with E-state index in [9.17, 15) is 15.0 Å². The molecule has 45 heavy (non-hydrogen) atoms. The highest BCUT2D eigenvalue weighted by molar-refractivity contribution is 5.91. The quantitative estimate of drug-likeness (QED) is 0.365. The van der Waals surface area contributed by atoms with E-state index in [0.29, 0.717) is 24.3 Å². The number of phenolic OH excluding ortho intramolecular Hbond substituents is 1. The highest BCUT2D eigenvalue weighted by Gasteiger charge is 2.55. The Morgan fingerprint density at radius 2 is 1.84 bits per heavy atom. The molecule has 0 aromatic heterocycles. The molecular formula is C36H41N3O6. The molecule has 3 aromatic carbocycles. The molecule has 1 fully saturated rings. The van der Waals surface area contributed by atoms with E-state index < -0.39 is 12.3 Å². The number of aliphatic hydroxyl groups is 1. The van der Waals surface area contributed by atoms with Gasteiger partial charge in [-0.15, -0.1) is 0 Å². The minimum atomic E-state index is -0.827. The third-order valence-corrected chi connectivity index (χ3v) is 10.4. The number of hydrogen-bond acceptors (Lipinski definition) is 8. The van der Waals surface area contributed by atoms with Crippen molar-refractivity contribution in [3.05, 3.63) is 86.5 Å². The second-order valence-corrected chi connectivity index (χ2v) is 12.9. The molecule has 0 radical (unpaired) electrons. The Bertz CT molecular complexity index is 1730. The number of aromatic hydroxyl groups is 1. The monoisotopic (exact) mass is 611 g/mol. The van der Waals surface area contributed by atoms with Gasteiger partial charge in [-0.2, -0.15) is 0 Å². The van der Waals surface area contributed by atoms with Gasteiger partial charge in [0, 0.05) is 29.8 Å². The summed E-state index contributed by atoms with van der Waals surface area (Å²) in [7, 11) is 3.61. The van der Waals surface area contributed by atoms with Crippen molar-refractivity contribution in [2.45, 2.75) is 70.9 Å². The zero-order valence-electron chi connectivity index (χ0n) is 26.7. The van der Waals surface area contributed by atoms with E-state index in [2.05, 4.69) is 35.0 Å². The van der Waals surface area contributed by atoms with E-state index in [4.69, 9.17) is 14.2 Å².